The lowest BCUT2D eigenvalue weighted by atomic mass is 10.2. The molecule has 5 nitrogen and oxygen atoms in total. The van der Waals surface area contributed by atoms with E-state index in [-0.39, 0.29) is 18.1 Å². The molecule has 0 amide bonds. The molecule has 1 heterocycles. The second-order valence-corrected chi connectivity index (χ2v) is 4.29. The average molecular weight is 309 g/mol. The summed E-state index contributed by atoms with van der Waals surface area (Å²) in [5, 5.41) is 16.2. The molecule has 0 aliphatic rings. The first-order chi connectivity index (χ1) is 8.68. The van der Waals surface area contributed by atoms with Crippen LogP contribution >= 0.6 is 15.9 Å². The Balaban J connectivity index is 2.16. The van der Waals surface area contributed by atoms with Crippen LogP contribution in [0.5, 0.6) is 5.88 Å². The number of carboxylic acids is 1. The Hall–Kier alpha value is -1.95. The molecule has 0 saturated carbocycles. The van der Waals surface area contributed by atoms with Gasteiger partial charge in [0.1, 0.15) is 12.2 Å². The number of halogens is 1. The molecule has 0 unspecified atom stereocenters. The molecular formula is C12H9BrN2O3. The molecule has 1 N–H and O–H groups in total. The van der Waals surface area contributed by atoms with E-state index in [0.717, 1.165) is 10.0 Å². The lowest BCUT2D eigenvalue weighted by molar-refractivity contribution is 0.0690. The third kappa shape index (κ3) is 2.84. The van der Waals surface area contributed by atoms with Gasteiger partial charge in [0, 0.05) is 10.0 Å². The van der Waals surface area contributed by atoms with Crippen molar-refractivity contribution < 1.29 is 14.6 Å². The Kier molecular flexibility index (Phi) is 3.88. The first kappa shape index (κ1) is 12.5. The zero-order chi connectivity index (χ0) is 13.0. The molecule has 92 valence electrons. The quantitative estimate of drug-likeness (QED) is 0.939. The molecule has 1 aromatic heterocycles. The van der Waals surface area contributed by atoms with Crippen LogP contribution in [0, 0.1) is 0 Å². The molecule has 0 saturated heterocycles. The fraction of sp³-hybridized carbons (Fsp3) is 0.0833. The van der Waals surface area contributed by atoms with E-state index in [4.69, 9.17) is 9.84 Å². The molecule has 2 rings (SSSR count). The largest absolute Gasteiger partial charge is 0.477 e. The summed E-state index contributed by atoms with van der Waals surface area (Å²) in [5.41, 5.74) is 0.900. The van der Waals surface area contributed by atoms with Crippen molar-refractivity contribution in [2.24, 2.45) is 0 Å². The Bertz CT molecular complexity index is 575. The third-order valence-corrected chi connectivity index (χ3v) is 3.01. The summed E-state index contributed by atoms with van der Waals surface area (Å²) in [5.74, 6) is -1.08. The number of aromatic nitrogens is 2. The monoisotopic (exact) mass is 308 g/mol. The van der Waals surface area contributed by atoms with Crippen LogP contribution in [0.2, 0.25) is 0 Å². The van der Waals surface area contributed by atoms with Gasteiger partial charge in [-0.2, -0.15) is 5.10 Å². The van der Waals surface area contributed by atoms with Gasteiger partial charge in [-0.05, 0) is 12.1 Å². The molecule has 0 radical (unpaired) electrons. The summed E-state index contributed by atoms with van der Waals surface area (Å²) in [6, 6.07) is 8.87. The van der Waals surface area contributed by atoms with Crippen LogP contribution in [-0.4, -0.2) is 21.3 Å². The van der Waals surface area contributed by atoms with E-state index >= 15 is 0 Å². The number of carbonyl (C=O) groups is 1. The smallest absolute Gasteiger partial charge is 0.341 e. The molecule has 6 heteroatoms. The normalized spacial score (nSPS) is 10.1. The van der Waals surface area contributed by atoms with Crippen molar-refractivity contribution in [3.05, 3.63) is 52.1 Å². The van der Waals surface area contributed by atoms with Gasteiger partial charge in [0.2, 0.25) is 5.88 Å². The van der Waals surface area contributed by atoms with Gasteiger partial charge in [0.15, 0.2) is 0 Å². The van der Waals surface area contributed by atoms with Gasteiger partial charge < -0.3 is 9.84 Å². The minimum atomic E-state index is -1.09. The topological polar surface area (TPSA) is 72.3 Å². The van der Waals surface area contributed by atoms with Crippen LogP contribution in [0.3, 0.4) is 0 Å². The van der Waals surface area contributed by atoms with Crippen molar-refractivity contribution in [2.75, 3.05) is 0 Å². The van der Waals surface area contributed by atoms with Gasteiger partial charge in [0.25, 0.3) is 0 Å². The van der Waals surface area contributed by atoms with Gasteiger partial charge in [-0.1, -0.05) is 34.1 Å². The number of hydrogen-bond donors (Lipinski definition) is 1. The van der Waals surface area contributed by atoms with Crippen molar-refractivity contribution >= 4 is 21.9 Å². The SMILES string of the molecule is O=C(O)c1ccnnc1OCc1ccccc1Br. The zero-order valence-electron chi connectivity index (χ0n) is 9.21. The second kappa shape index (κ2) is 5.59. The average Bonchev–Trinajstić information content (AvgIpc) is 2.38. The molecule has 1 aromatic carbocycles. The summed E-state index contributed by atoms with van der Waals surface area (Å²) >= 11 is 3.38. The second-order valence-electron chi connectivity index (χ2n) is 3.44. The van der Waals surface area contributed by atoms with E-state index in [2.05, 4.69) is 26.1 Å². The first-order valence-corrected chi connectivity index (χ1v) is 5.89. The maximum Gasteiger partial charge on any atom is 0.341 e. The molecule has 0 fully saturated rings. The molecular weight excluding hydrogens is 300 g/mol. The standard InChI is InChI=1S/C12H9BrN2O3/c13-10-4-2-1-3-8(10)7-18-11-9(12(16)17)5-6-14-15-11/h1-6H,7H2,(H,16,17). The third-order valence-electron chi connectivity index (χ3n) is 2.24. The summed E-state index contributed by atoms with van der Waals surface area (Å²) in [4.78, 5) is 10.9. The maximum atomic E-state index is 10.9. The van der Waals surface area contributed by atoms with Crippen LogP contribution in [-0.2, 0) is 6.61 Å². The van der Waals surface area contributed by atoms with Crippen LogP contribution < -0.4 is 4.74 Å². The molecule has 0 aliphatic heterocycles. The van der Waals surface area contributed by atoms with E-state index in [1.807, 2.05) is 24.3 Å². The van der Waals surface area contributed by atoms with Crippen molar-refractivity contribution in [1.29, 1.82) is 0 Å². The first-order valence-electron chi connectivity index (χ1n) is 5.09. The zero-order valence-corrected chi connectivity index (χ0v) is 10.8. The predicted molar refractivity (Wildman–Crippen MR) is 67.5 cm³/mol. The van der Waals surface area contributed by atoms with Crippen molar-refractivity contribution in [2.45, 2.75) is 6.61 Å². The summed E-state index contributed by atoms with van der Waals surface area (Å²) in [6.45, 7) is 0.223. The van der Waals surface area contributed by atoms with Gasteiger partial charge in [0.05, 0.1) is 6.20 Å². The number of aromatic carboxylic acids is 1. The van der Waals surface area contributed by atoms with Crippen molar-refractivity contribution in [3.8, 4) is 5.88 Å². The molecule has 0 aliphatic carbocycles. The predicted octanol–water partition coefficient (Wildman–Crippen LogP) is 2.52. The van der Waals surface area contributed by atoms with Crippen LogP contribution in [0.15, 0.2) is 41.0 Å². The number of ether oxygens (including phenoxy) is 1. The van der Waals surface area contributed by atoms with E-state index in [1.165, 1.54) is 12.3 Å². The Labute approximate surface area is 112 Å². The number of hydrogen-bond acceptors (Lipinski definition) is 4. The van der Waals surface area contributed by atoms with Crippen LogP contribution in [0.4, 0.5) is 0 Å². The molecule has 0 atom stereocenters. The van der Waals surface area contributed by atoms with E-state index in [9.17, 15) is 4.79 Å². The lowest BCUT2D eigenvalue weighted by Crippen LogP contribution is -2.06. The van der Waals surface area contributed by atoms with Gasteiger partial charge in [-0.15, -0.1) is 5.10 Å². The fourth-order valence-electron chi connectivity index (χ4n) is 1.35. The van der Waals surface area contributed by atoms with Crippen molar-refractivity contribution in [3.63, 3.8) is 0 Å². The molecule has 0 bridgehead atoms. The minimum absolute atomic E-state index is 0.00273. The summed E-state index contributed by atoms with van der Waals surface area (Å²) in [6.07, 6.45) is 1.31. The molecule has 0 spiro atoms. The minimum Gasteiger partial charge on any atom is -0.477 e. The number of rotatable bonds is 4. The fourth-order valence-corrected chi connectivity index (χ4v) is 1.75. The highest BCUT2D eigenvalue weighted by molar-refractivity contribution is 9.10. The maximum absolute atomic E-state index is 10.9. The van der Waals surface area contributed by atoms with E-state index in [1.54, 1.807) is 0 Å². The van der Waals surface area contributed by atoms with Crippen molar-refractivity contribution in [1.82, 2.24) is 10.2 Å². The molecule has 18 heavy (non-hydrogen) atoms. The molecule has 2 aromatic rings. The number of carboxylic acid groups (broad SMARTS) is 1. The highest BCUT2D eigenvalue weighted by atomic mass is 79.9. The number of nitrogens with zero attached hydrogens (tertiary/aromatic N) is 2. The van der Waals surface area contributed by atoms with E-state index < -0.39 is 5.97 Å². The Morgan fingerprint density at radius 2 is 2.11 bits per heavy atom. The highest BCUT2D eigenvalue weighted by Crippen LogP contribution is 2.19. The number of benzene rings is 1. The van der Waals surface area contributed by atoms with Gasteiger partial charge >= 0.3 is 5.97 Å². The lowest BCUT2D eigenvalue weighted by Gasteiger charge is -2.08. The van der Waals surface area contributed by atoms with Gasteiger partial charge in [-0.3, -0.25) is 0 Å². The summed E-state index contributed by atoms with van der Waals surface area (Å²) < 4.78 is 6.28. The highest BCUT2D eigenvalue weighted by Gasteiger charge is 2.13. The Morgan fingerprint density at radius 1 is 1.33 bits per heavy atom. The van der Waals surface area contributed by atoms with Gasteiger partial charge in [-0.25, -0.2) is 4.79 Å². The van der Waals surface area contributed by atoms with E-state index in [0.29, 0.717) is 0 Å². The Morgan fingerprint density at radius 3 is 2.83 bits per heavy atom. The summed E-state index contributed by atoms with van der Waals surface area (Å²) in [7, 11) is 0. The van der Waals surface area contributed by atoms with Crippen LogP contribution in [0.1, 0.15) is 15.9 Å². The van der Waals surface area contributed by atoms with Crippen LogP contribution in [0.25, 0.3) is 0 Å².